The second-order valence-corrected chi connectivity index (χ2v) is 30.1. The minimum atomic E-state index is -5.03. The number of hydrogen-bond donors (Lipinski definition) is 0. The van der Waals surface area contributed by atoms with Crippen molar-refractivity contribution >= 4 is 0 Å². The van der Waals surface area contributed by atoms with Crippen molar-refractivity contribution in [3.63, 3.8) is 0 Å². The monoisotopic (exact) mass is 3640 g/mol. The van der Waals surface area contributed by atoms with E-state index < -0.39 is 30.9 Å². The summed E-state index contributed by atoms with van der Waals surface area (Å²) in [4.78, 5) is 40.7. The quantitative estimate of drug-likeness (QED) is 0.119. The van der Waals surface area contributed by atoms with E-state index >= 15 is 0 Å². The SMILES string of the molecule is [C-]#[N+]C(C)C(C)C(C)[N+]#[C-].[C-]#[N+]C(C)CC(C)[N+]#[C-].[C-]#[N+]C(CC([N+]#[C-])C(C)(C)C)C(C)(C)C.[C-]#[N+]C(CC([N+]#[C-])C(F)(F)F)C(F)(F)F.[C-]#[N+]C(CC([N+]#[C-])C12CC3CC(CC(C3)C1)C2)C12CC3CC(CC(C3)C1)C2.[C-]#[N+]C(CC([N+]#[C-])c1ccccc1)c1ccccc1.[Pt].[Pt].[Pt].[Pt].[Pt].[Pt].[Pt].[Pt].[Pt].[Pt].[Pt].[Pt]. The standard InChI is InChI=1S/C25H34N2.C17H14N2.C13H22N2.C8H12N2.C7H4F6N2.C7H10N2.12Pt/c1-26-22(24-10-16-3-17(11-24)5-18(4-16)12-24)9-23(27-2)25-13-19-6-20(14-25)8-21(7-19)15-25;1-18-16(14-9-5-3-6-10-14)13-17(19-2)15-11-7-4-8-12-15;1-12(2,3)10(14-7)9-11(15-8)13(4,5)6;1-6(7(2)9-4)8(3)10-5;1-14-4(6(8,9)10)3-5(15-2)7(11,12)13;1-6(8-3)5-7(2)9-4;;;;;;;;;;;;/h16-23H,3-15H2;3-12,16-17H,13H2;10-11H,9H2,1-6H3;6-8H,1-3H3;4-5H,3H2;6-7H,5H2,1-2H3;;;;;;;;;;;;. The third kappa shape index (κ3) is 41.7. The Morgan fingerprint density at radius 2 is 0.561 bits per heavy atom. The molecular weight excluding hydrogens is 3550 g/mol. The molecule has 0 N–H and O–H groups in total. The van der Waals surface area contributed by atoms with Gasteiger partial charge < -0.3 is 58.1 Å². The van der Waals surface area contributed by atoms with Gasteiger partial charge >= 0.3 is 24.4 Å². The van der Waals surface area contributed by atoms with Gasteiger partial charge in [0.2, 0.25) is 48.3 Å². The molecule has 8 fully saturated rings. The Bertz CT molecular complexity index is 2990. The molecular formula is C77H96F6N12Pt12. The van der Waals surface area contributed by atoms with Crippen LogP contribution in [-0.4, -0.2) is 72.8 Å². The Morgan fingerprint density at radius 1 is 0.318 bits per heavy atom. The fourth-order valence-corrected chi connectivity index (χ4v) is 15.7. The van der Waals surface area contributed by atoms with Crippen molar-refractivity contribution in [1.29, 1.82) is 0 Å². The molecule has 626 valence electrons. The summed E-state index contributed by atoms with van der Waals surface area (Å²) in [6.07, 6.45) is 7.80. The van der Waals surface area contributed by atoms with Gasteiger partial charge in [-0.05, 0) is 119 Å². The Hall–Kier alpha value is 0.160. The maximum Gasteiger partial charge on any atom is 0.466 e. The van der Waals surface area contributed by atoms with Crippen LogP contribution in [0.3, 0.4) is 0 Å². The zero-order chi connectivity index (χ0) is 71.7. The first-order valence-corrected chi connectivity index (χ1v) is 33.2. The van der Waals surface area contributed by atoms with E-state index in [1.165, 1.54) is 77.0 Å². The molecule has 0 aromatic heterocycles. The van der Waals surface area contributed by atoms with Crippen molar-refractivity contribution in [2.45, 2.75) is 270 Å². The fourth-order valence-electron chi connectivity index (χ4n) is 15.7. The van der Waals surface area contributed by atoms with Gasteiger partial charge in [-0.1, -0.05) is 102 Å². The van der Waals surface area contributed by atoms with Gasteiger partial charge in [0, 0.05) is 313 Å². The maximum atomic E-state index is 11.9. The molecule has 2 aromatic rings. The Kier molecular flexibility index (Phi) is 73.5. The van der Waals surface area contributed by atoms with Gasteiger partial charge in [0.05, 0.1) is 19.3 Å². The van der Waals surface area contributed by atoms with Crippen molar-refractivity contribution in [2.24, 2.45) is 63.1 Å². The molecule has 0 heterocycles. The first-order chi connectivity index (χ1) is 44.5. The summed E-state index contributed by atoms with van der Waals surface area (Å²) in [5.41, 5.74) is 2.50. The van der Waals surface area contributed by atoms with Crippen molar-refractivity contribution in [3.8, 4) is 0 Å². The molecule has 8 aliphatic carbocycles. The van der Waals surface area contributed by atoms with Crippen molar-refractivity contribution in [3.05, 3.63) is 209 Å². The second-order valence-electron chi connectivity index (χ2n) is 30.1. The number of halogens is 6. The minimum Gasteiger partial charge on any atom is -0.314 e. The van der Waals surface area contributed by atoms with Crippen LogP contribution in [0.4, 0.5) is 26.3 Å². The number of nitrogens with zero attached hydrogens (tertiary/aromatic N) is 12. The van der Waals surface area contributed by atoms with Crippen LogP contribution in [-0.2, 0) is 253 Å². The smallest absolute Gasteiger partial charge is 0.314 e. The van der Waals surface area contributed by atoms with Gasteiger partial charge in [-0.25, -0.2) is 78.9 Å². The van der Waals surface area contributed by atoms with E-state index in [2.05, 4.69) is 90.0 Å². The topological polar surface area (TPSA) is 52.3 Å². The normalized spacial score (nSPS) is 23.4. The largest absolute Gasteiger partial charge is 0.466 e. The molecule has 8 saturated carbocycles. The third-order valence-electron chi connectivity index (χ3n) is 20.8. The molecule has 30 heteroatoms. The summed E-state index contributed by atoms with van der Waals surface area (Å²) in [5, 5.41) is 0. The van der Waals surface area contributed by atoms with Crippen molar-refractivity contribution in [2.75, 3.05) is 0 Å². The molecule has 10 rings (SSSR count). The van der Waals surface area contributed by atoms with E-state index in [1.807, 2.05) is 105 Å². The minimum absolute atomic E-state index is 0. The fraction of sp³-hybridized carbons (Fsp3) is 0.688. The number of benzene rings is 2. The van der Waals surface area contributed by atoms with Crippen LogP contribution in [0.5, 0.6) is 0 Å². The van der Waals surface area contributed by atoms with Crippen LogP contribution in [0.2, 0.25) is 0 Å². The van der Waals surface area contributed by atoms with E-state index in [0.717, 1.165) is 53.1 Å². The average Bonchev–Trinajstić information content (AvgIpc) is 0.734. The number of alkyl halides is 6. The molecule has 12 unspecified atom stereocenters. The number of rotatable bonds is 16. The average molecular weight is 3640 g/mol. The molecule has 2 aromatic carbocycles. The summed E-state index contributed by atoms with van der Waals surface area (Å²) < 4.78 is 71.5. The molecule has 107 heavy (non-hydrogen) atoms. The van der Waals surface area contributed by atoms with Crippen LogP contribution in [0.25, 0.3) is 58.1 Å². The molecule has 0 amide bonds. The van der Waals surface area contributed by atoms with E-state index in [0.29, 0.717) is 30.1 Å². The Morgan fingerprint density at radius 3 is 0.748 bits per heavy atom. The van der Waals surface area contributed by atoms with Crippen LogP contribution < -0.4 is 0 Å². The van der Waals surface area contributed by atoms with Gasteiger partial charge in [0.1, 0.15) is 18.8 Å². The second kappa shape index (κ2) is 61.5. The van der Waals surface area contributed by atoms with Crippen molar-refractivity contribution < 1.29 is 279 Å². The molecule has 12 atom stereocenters. The molecule has 8 bridgehead atoms. The van der Waals surface area contributed by atoms with Gasteiger partial charge in [-0.15, -0.1) is 0 Å². The Labute approximate surface area is 810 Å². The van der Waals surface area contributed by atoms with E-state index in [9.17, 15) is 26.3 Å². The molecule has 12 nitrogen and oxygen atoms in total. The van der Waals surface area contributed by atoms with E-state index in [-0.39, 0.29) is 330 Å². The first kappa shape index (κ1) is 128. The summed E-state index contributed by atoms with van der Waals surface area (Å²) in [6.45, 7) is 106. The van der Waals surface area contributed by atoms with Gasteiger partial charge in [-0.2, -0.15) is 26.3 Å². The zero-order valence-corrected chi connectivity index (χ0v) is 88.5. The molecule has 0 spiro atoms. The van der Waals surface area contributed by atoms with E-state index in [4.69, 9.17) is 78.9 Å². The summed E-state index contributed by atoms with van der Waals surface area (Å²) in [7, 11) is 0. The summed E-state index contributed by atoms with van der Waals surface area (Å²) >= 11 is 0. The predicted octanol–water partition coefficient (Wildman–Crippen LogP) is 22.4. The maximum absolute atomic E-state index is 11.9. The number of hydrogen-bond acceptors (Lipinski definition) is 0. The van der Waals surface area contributed by atoms with Crippen LogP contribution in [0, 0.1) is 142 Å². The van der Waals surface area contributed by atoms with Crippen LogP contribution >= 0.6 is 0 Å². The van der Waals surface area contributed by atoms with Gasteiger partial charge in [0.25, 0.3) is 12.1 Å². The third-order valence-corrected chi connectivity index (χ3v) is 20.8. The molecule has 0 radical (unpaired) electrons. The Balaban J connectivity index is -0.000000134. The van der Waals surface area contributed by atoms with Crippen molar-refractivity contribution in [1.82, 2.24) is 0 Å². The summed E-state index contributed by atoms with van der Waals surface area (Å²) in [5.74, 6) is 5.64. The zero-order valence-electron chi connectivity index (χ0n) is 61.2. The van der Waals surface area contributed by atoms with E-state index in [1.54, 1.807) is 0 Å². The predicted molar refractivity (Wildman–Crippen MR) is 363 cm³/mol. The molecule has 0 saturated heterocycles. The van der Waals surface area contributed by atoms with Crippen LogP contribution in [0.15, 0.2) is 60.7 Å². The van der Waals surface area contributed by atoms with Gasteiger partial charge in [0.15, 0.2) is 0 Å². The van der Waals surface area contributed by atoms with Crippen LogP contribution in [0.1, 0.15) is 209 Å². The first-order valence-electron chi connectivity index (χ1n) is 33.2. The molecule has 0 aliphatic heterocycles. The van der Waals surface area contributed by atoms with Gasteiger partial charge in [-0.3, -0.25) is 0 Å². The summed E-state index contributed by atoms with van der Waals surface area (Å²) in [6, 6.07) is 13.5. The molecule has 8 aliphatic rings.